The van der Waals surface area contributed by atoms with Crippen LogP contribution in [0.5, 0.6) is 0 Å². The normalized spacial score (nSPS) is 29.5. The lowest BCUT2D eigenvalue weighted by atomic mass is 10.1. The van der Waals surface area contributed by atoms with Crippen molar-refractivity contribution in [1.29, 1.82) is 0 Å². The van der Waals surface area contributed by atoms with E-state index in [0.717, 1.165) is 10.8 Å². The topological polar surface area (TPSA) is 165 Å². The Hall–Kier alpha value is -1.63. The molecule has 0 saturated carbocycles. The molecule has 2 rings (SSSR count). The smallest absolute Gasteiger partial charge is 0.337 e. The second-order valence-electron chi connectivity index (χ2n) is 4.72. The first-order chi connectivity index (χ1) is 10.3. The summed E-state index contributed by atoms with van der Waals surface area (Å²) in [5.41, 5.74) is -1.42. The van der Waals surface area contributed by atoms with Gasteiger partial charge in [0.25, 0.3) is 5.56 Å². The molecule has 0 amide bonds. The molecule has 6 N–H and O–H groups in total. The van der Waals surface area contributed by atoms with Gasteiger partial charge in [0.15, 0.2) is 17.1 Å². The maximum absolute atomic E-state index is 11.7. The van der Waals surface area contributed by atoms with Crippen molar-refractivity contribution in [2.45, 2.75) is 30.6 Å². The van der Waals surface area contributed by atoms with Gasteiger partial charge in [-0.2, -0.15) is 0 Å². The molecule has 10 nitrogen and oxygen atoms in total. The van der Waals surface area contributed by atoms with Gasteiger partial charge in [-0.05, 0) is 12.2 Å². The van der Waals surface area contributed by atoms with Gasteiger partial charge in [-0.3, -0.25) is 14.3 Å². The van der Waals surface area contributed by atoms with Gasteiger partial charge in [-0.25, -0.2) is 4.79 Å². The van der Waals surface area contributed by atoms with Crippen molar-refractivity contribution in [3.05, 3.63) is 26.9 Å². The summed E-state index contributed by atoms with van der Waals surface area (Å²) >= 11 is 4.90. The van der Waals surface area contributed by atoms with Crippen LogP contribution in [0.15, 0.2) is 11.0 Å². The van der Waals surface area contributed by atoms with Gasteiger partial charge in [0, 0.05) is 6.20 Å². The summed E-state index contributed by atoms with van der Waals surface area (Å²) in [7, 11) is 0. The van der Waals surface area contributed by atoms with Gasteiger partial charge in [0.1, 0.15) is 18.3 Å². The molecule has 0 bridgehead atoms. The Morgan fingerprint density at radius 3 is 2.59 bits per heavy atom. The fraction of sp³-hybridized carbons (Fsp3) is 0.545. The van der Waals surface area contributed by atoms with Crippen LogP contribution in [0.25, 0.3) is 0 Å². The zero-order valence-corrected chi connectivity index (χ0v) is 11.8. The summed E-state index contributed by atoms with van der Waals surface area (Å²) in [5, 5.41) is 46.9. The fourth-order valence-electron chi connectivity index (χ4n) is 2.13. The Morgan fingerprint density at radius 1 is 1.45 bits per heavy atom. The molecule has 1 saturated heterocycles. The molecule has 0 spiro atoms. The first-order valence-corrected chi connectivity index (χ1v) is 6.57. The third kappa shape index (κ3) is 2.82. The van der Waals surface area contributed by atoms with E-state index in [2.05, 4.69) is 4.98 Å². The van der Waals surface area contributed by atoms with E-state index in [0.29, 0.717) is 0 Å². The Kier molecular flexibility index (Phi) is 4.75. The third-order valence-corrected chi connectivity index (χ3v) is 3.63. The molecule has 3 unspecified atom stereocenters. The summed E-state index contributed by atoms with van der Waals surface area (Å²) in [6, 6.07) is 0. The average molecular weight is 334 g/mol. The van der Waals surface area contributed by atoms with E-state index in [9.17, 15) is 24.9 Å². The molecule has 1 fully saturated rings. The second-order valence-corrected chi connectivity index (χ2v) is 5.11. The summed E-state index contributed by atoms with van der Waals surface area (Å²) in [6.45, 7) is -0.560. The predicted octanol–water partition coefficient (Wildman–Crippen LogP) is -2.36. The summed E-state index contributed by atoms with van der Waals surface area (Å²) < 4.78 is 6.03. The molecule has 2 heterocycles. The van der Waals surface area contributed by atoms with Crippen molar-refractivity contribution in [3.63, 3.8) is 0 Å². The number of hydrogen-bond acceptors (Lipinski definition) is 8. The number of carbonyl (C=O) groups is 1. The Bertz CT molecular complexity index is 685. The number of nitrogens with zero attached hydrogens (tertiary/aromatic N) is 1. The maximum Gasteiger partial charge on any atom is 0.337 e. The summed E-state index contributed by atoms with van der Waals surface area (Å²) in [4.78, 5) is 24.6. The highest BCUT2D eigenvalue weighted by Gasteiger charge is 2.43. The molecule has 1 aliphatic rings. The molecule has 0 radical (unpaired) electrons. The van der Waals surface area contributed by atoms with Crippen LogP contribution in [0.4, 0.5) is 0 Å². The Morgan fingerprint density at radius 2 is 2.09 bits per heavy atom. The number of carboxylic acids is 1. The van der Waals surface area contributed by atoms with Gasteiger partial charge < -0.3 is 30.3 Å². The number of aliphatic hydroxyl groups excluding tert-OH is 4. The minimum absolute atomic E-state index is 0.207. The van der Waals surface area contributed by atoms with E-state index in [1.54, 1.807) is 0 Å². The van der Waals surface area contributed by atoms with Crippen LogP contribution < -0.4 is 5.56 Å². The number of hydrogen-bond donors (Lipinski definition) is 6. The minimum atomic E-state index is -2.09. The van der Waals surface area contributed by atoms with Gasteiger partial charge in [-0.1, -0.05) is 0 Å². The number of aliphatic carboxylic acids is 1. The number of rotatable bonds is 4. The molecular formula is C11H14N2O8S. The highest BCUT2D eigenvalue weighted by atomic mass is 32.1. The fourth-order valence-corrected chi connectivity index (χ4v) is 2.38. The molecule has 5 atom stereocenters. The highest BCUT2D eigenvalue weighted by Crippen LogP contribution is 2.29. The van der Waals surface area contributed by atoms with Crippen molar-refractivity contribution in [1.82, 2.24) is 9.55 Å². The van der Waals surface area contributed by atoms with Crippen LogP contribution in [0, 0.1) is 4.77 Å². The van der Waals surface area contributed by atoms with Gasteiger partial charge >= 0.3 is 5.97 Å². The number of H-pyrrole nitrogens is 1. The molecule has 11 heteroatoms. The van der Waals surface area contributed by atoms with Crippen molar-refractivity contribution >= 4 is 18.2 Å². The lowest BCUT2D eigenvalue weighted by Gasteiger charge is -2.19. The van der Waals surface area contributed by atoms with Crippen LogP contribution in [0.3, 0.4) is 0 Å². The van der Waals surface area contributed by atoms with Crippen LogP contribution in [0.1, 0.15) is 17.9 Å². The first-order valence-electron chi connectivity index (χ1n) is 6.16. The van der Waals surface area contributed by atoms with Gasteiger partial charge in [0.2, 0.25) is 0 Å². The molecule has 1 aromatic heterocycles. The van der Waals surface area contributed by atoms with Crippen LogP contribution in [-0.2, 0) is 9.53 Å². The Labute approximate surface area is 127 Å². The molecule has 22 heavy (non-hydrogen) atoms. The molecule has 0 aliphatic carbocycles. The number of aromatic amines is 1. The predicted molar refractivity (Wildman–Crippen MR) is 71.5 cm³/mol. The van der Waals surface area contributed by atoms with Crippen LogP contribution >= 0.6 is 12.2 Å². The largest absolute Gasteiger partial charge is 0.479 e. The van der Waals surface area contributed by atoms with Gasteiger partial charge in [-0.15, -0.1) is 0 Å². The summed E-state index contributed by atoms with van der Waals surface area (Å²) in [5.74, 6) is -1.64. The highest BCUT2D eigenvalue weighted by molar-refractivity contribution is 7.71. The van der Waals surface area contributed by atoms with E-state index < -0.39 is 54.3 Å². The molecule has 0 aromatic carbocycles. The second kappa shape index (κ2) is 6.24. The monoisotopic (exact) mass is 334 g/mol. The van der Waals surface area contributed by atoms with Gasteiger partial charge in [0.05, 0.1) is 12.2 Å². The standard InChI is InChI=1S/C11H14N2O8S/c14-2-4-6(16)7(17)9(21-4)13-1-3(5(15)10(19)20)8(18)12-11(13)22/h1,4-7,9,14-17H,2H2,(H,19,20)(H,12,18,22)/t4-,5?,6?,7?,9-/m0/s1. The number of aromatic nitrogens is 2. The molecule has 122 valence electrons. The van der Waals surface area contributed by atoms with Crippen molar-refractivity contribution in [2.75, 3.05) is 6.61 Å². The third-order valence-electron chi connectivity index (χ3n) is 3.32. The van der Waals surface area contributed by atoms with Crippen LogP contribution in [-0.4, -0.2) is 66.0 Å². The van der Waals surface area contributed by atoms with Crippen molar-refractivity contribution < 1.29 is 35.1 Å². The average Bonchev–Trinajstić information content (AvgIpc) is 2.74. The number of carboxylic acid groups (broad SMARTS) is 1. The van der Waals surface area contributed by atoms with E-state index in [1.165, 1.54) is 0 Å². The van der Waals surface area contributed by atoms with E-state index in [1.807, 2.05) is 0 Å². The first kappa shape index (κ1) is 16.7. The Balaban J connectivity index is 2.48. The van der Waals surface area contributed by atoms with Crippen LogP contribution in [0.2, 0.25) is 0 Å². The van der Waals surface area contributed by atoms with Crippen molar-refractivity contribution in [3.8, 4) is 0 Å². The molecular weight excluding hydrogens is 320 g/mol. The number of aliphatic hydroxyl groups is 4. The SMILES string of the molecule is O=C(O)C(O)c1cn([C@H]2O[C@@H](CO)C(O)C2O)c(=S)[nH]c1=O. The lowest BCUT2D eigenvalue weighted by Crippen LogP contribution is -2.34. The molecule has 1 aliphatic heterocycles. The van der Waals surface area contributed by atoms with E-state index in [-0.39, 0.29) is 4.77 Å². The zero-order chi connectivity index (χ0) is 16.6. The zero-order valence-electron chi connectivity index (χ0n) is 11.0. The van der Waals surface area contributed by atoms with E-state index >= 15 is 0 Å². The molecule has 1 aromatic rings. The number of ether oxygens (including phenoxy) is 1. The lowest BCUT2D eigenvalue weighted by molar-refractivity contribution is -0.147. The maximum atomic E-state index is 11.7. The quantitative estimate of drug-likeness (QED) is 0.330. The van der Waals surface area contributed by atoms with Crippen molar-refractivity contribution in [2.24, 2.45) is 0 Å². The minimum Gasteiger partial charge on any atom is -0.479 e. The van der Waals surface area contributed by atoms with E-state index in [4.69, 9.17) is 27.2 Å². The number of nitrogens with one attached hydrogen (secondary N) is 1. The summed E-state index contributed by atoms with van der Waals surface area (Å²) in [6.07, 6.45) is -6.35.